The molecule has 0 bridgehead atoms. The lowest BCUT2D eigenvalue weighted by atomic mass is 10.1. The number of thiophene rings is 1. The Morgan fingerprint density at radius 2 is 1.74 bits per heavy atom. The molecule has 4 rings (SSSR count). The molecule has 1 aliphatic rings. The molecule has 1 aromatic heterocycles. The highest BCUT2D eigenvalue weighted by molar-refractivity contribution is 7.11. The average Bonchev–Trinajstić information content (AvgIpc) is 3.40. The molecular formula is C24H22N2O4S. The third kappa shape index (κ3) is 4.18. The molecule has 2 aromatic carbocycles. The lowest BCUT2D eigenvalue weighted by Crippen LogP contribution is -2.34. The van der Waals surface area contributed by atoms with Gasteiger partial charge in [0.05, 0.1) is 25.5 Å². The topological polar surface area (TPSA) is 67.9 Å². The van der Waals surface area contributed by atoms with Crippen molar-refractivity contribution >= 4 is 34.4 Å². The van der Waals surface area contributed by atoms with Crippen LogP contribution in [0, 0.1) is 0 Å². The Balaban J connectivity index is 1.68. The first-order chi connectivity index (χ1) is 15.1. The predicted octanol–water partition coefficient (Wildman–Crippen LogP) is 4.20. The van der Waals surface area contributed by atoms with Gasteiger partial charge in [-0.25, -0.2) is 0 Å². The van der Waals surface area contributed by atoms with Gasteiger partial charge in [0.2, 0.25) is 0 Å². The Hall–Kier alpha value is -3.58. The average molecular weight is 435 g/mol. The third-order valence-electron chi connectivity index (χ3n) is 5.07. The van der Waals surface area contributed by atoms with E-state index in [2.05, 4.69) is 5.32 Å². The number of anilines is 1. The summed E-state index contributed by atoms with van der Waals surface area (Å²) in [5.74, 6) is 0.503. The fourth-order valence-corrected chi connectivity index (χ4v) is 4.24. The summed E-state index contributed by atoms with van der Waals surface area (Å²) < 4.78 is 10.7. The van der Waals surface area contributed by atoms with Crippen molar-refractivity contribution in [2.24, 2.45) is 0 Å². The van der Waals surface area contributed by atoms with Crippen LogP contribution in [0.25, 0.3) is 5.57 Å². The molecule has 2 amide bonds. The minimum Gasteiger partial charge on any atom is -0.497 e. The molecule has 0 radical (unpaired) electrons. The first-order valence-electron chi connectivity index (χ1n) is 9.79. The second-order valence-corrected chi connectivity index (χ2v) is 7.86. The van der Waals surface area contributed by atoms with Gasteiger partial charge in [0.1, 0.15) is 17.2 Å². The number of benzene rings is 2. The smallest absolute Gasteiger partial charge is 0.278 e. The van der Waals surface area contributed by atoms with Gasteiger partial charge in [0.25, 0.3) is 11.8 Å². The van der Waals surface area contributed by atoms with E-state index < -0.39 is 0 Å². The van der Waals surface area contributed by atoms with Crippen LogP contribution in [0.1, 0.15) is 10.4 Å². The SMILES string of the molecule is COc1ccc(OC)c(NC2=C(c3cccs3)C(=O)N(CCc3ccccc3)C2=O)c1. The van der Waals surface area contributed by atoms with E-state index in [9.17, 15) is 9.59 Å². The van der Waals surface area contributed by atoms with E-state index in [1.54, 1.807) is 32.4 Å². The zero-order valence-electron chi connectivity index (χ0n) is 17.3. The van der Waals surface area contributed by atoms with Gasteiger partial charge >= 0.3 is 0 Å². The molecule has 0 fully saturated rings. The Bertz CT molecular complexity index is 1120. The summed E-state index contributed by atoms with van der Waals surface area (Å²) in [7, 11) is 3.12. The molecule has 0 unspecified atom stereocenters. The third-order valence-corrected chi connectivity index (χ3v) is 5.96. The molecule has 31 heavy (non-hydrogen) atoms. The summed E-state index contributed by atoms with van der Waals surface area (Å²) in [4.78, 5) is 28.6. The van der Waals surface area contributed by atoms with Crippen molar-refractivity contribution < 1.29 is 19.1 Å². The van der Waals surface area contributed by atoms with Crippen LogP contribution >= 0.6 is 11.3 Å². The Morgan fingerprint density at radius 1 is 0.935 bits per heavy atom. The van der Waals surface area contributed by atoms with Gasteiger partial charge in [-0.2, -0.15) is 0 Å². The maximum absolute atomic E-state index is 13.3. The number of hydrogen-bond acceptors (Lipinski definition) is 6. The quantitative estimate of drug-likeness (QED) is 0.538. The van der Waals surface area contributed by atoms with Gasteiger partial charge in [-0.15, -0.1) is 11.3 Å². The minimum atomic E-state index is -0.353. The molecule has 0 atom stereocenters. The van der Waals surface area contributed by atoms with E-state index in [1.807, 2.05) is 47.8 Å². The fourth-order valence-electron chi connectivity index (χ4n) is 3.48. The molecule has 1 aliphatic heterocycles. The largest absolute Gasteiger partial charge is 0.497 e. The highest BCUT2D eigenvalue weighted by Crippen LogP contribution is 2.36. The fraction of sp³-hybridized carbons (Fsp3) is 0.167. The number of carbonyl (C=O) groups excluding carboxylic acids is 2. The van der Waals surface area contributed by atoms with Gasteiger partial charge in [0.15, 0.2) is 0 Å². The van der Waals surface area contributed by atoms with Crippen LogP contribution in [0.2, 0.25) is 0 Å². The highest BCUT2D eigenvalue weighted by atomic mass is 32.1. The van der Waals surface area contributed by atoms with Crippen LogP contribution in [0.4, 0.5) is 5.69 Å². The molecular weight excluding hydrogens is 412 g/mol. The van der Waals surface area contributed by atoms with Gasteiger partial charge in [-0.05, 0) is 35.6 Å². The van der Waals surface area contributed by atoms with Gasteiger partial charge in [-0.3, -0.25) is 14.5 Å². The Kier molecular flexibility index (Phi) is 6.04. The Labute approximate surface area is 184 Å². The number of hydrogen-bond donors (Lipinski definition) is 1. The highest BCUT2D eigenvalue weighted by Gasteiger charge is 2.39. The summed E-state index contributed by atoms with van der Waals surface area (Å²) in [5, 5.41) is 5.04. The van der Waals surface area contributed by atoms with E-state index in [1.165, 1.54) is 16.2 Å². The lowest BCUT2D eigenvalue weighted by molar-refractivity contribution is -0.136. The van der Waals surface area contributed by atoms with Crippen molar-refractivity contribution in [3.8, 4) is 11.5 Å². The Morgan fingerprint density at radius 3 is 2.42 bits per heavy atom. The van der Waals surface area contributed by atoms with E-state index in [0.29, 0.717) is 35.7 Å². The standard InChI is InChI=1S/C24H22N2O4S/c1-29-17-10-11-19(30-2)18(15-17)25-22-21(20-9-6-14-31-20)23(27)26(24(22)28)13-12-16-7-4-3-5-8-16/h3-11,14-15,25H,12-13H2,1-2H3. The number of amides is 2. The number of nitrogens with one attached hydrogen (secondary N) is 1. The van der Waals surface area contributed by atoms with Crippen molar-refractivity contribution in [1.29, 1.82) is 0 Å². The summed E-state index contributed by atoms with van der Waals surface area (Å²) in [5.41, 5.74) is 2.23. The molecule has 0 spiro atoms. The monoisotopic (exact) mass is 434 g/mol. The number of nitrogens with zero attached hydrogens (tertiary/aromatic N) is 1. The van der Waals surface area contributed by atoms with Crippen molar-refractivity contribution in [2.45, 2.75) is 6.42 Å². The molecule has 0 saturated heterocycles. The van der Waals surface area contributed by atoms with Gasteiger partial charge in [-0.1, -0.05) is 36.4 Å². The molecule has 0 aliphatic carbocycles. The predicted molar refractivity (Wildman–Crippen MR) is 121 cm³/mol. The van der Waals surface area contributed by atoms with E-state index >= 15 is 0 Å². The van der Waals surface area contributed by atoms with E-state index in [-0.39, 0.29) is 17.5 Å². The molecule has 2 heterocycles. The molecule has 3 aromatic rings. The number of methoxy groups -OCH3 is 2. The maximum atomic E-state index is 13.3. The van der Waals surface area contributed by atoms with Crippen LogP contribution in [0.15, 0.2) is 71.7 Å². The summed E-state index contributed by atoms with van der Waals surface area (Å²) >= 11 is 1.42. The van der Waals surface area contributed by atoms with Crippen LogP contribution < -0.4 is 14.8 Å². The maximum Gasteiger partial charge on any atom is 0.278 e. The van der Waals surface area contributed by atoms with Crippen molar-refractivity contribution in [3.63, 3.8) is 0 Å². The normalized spacial score (nSPS) is 13.7. The summed E-state index contributed by atoms with van der Waals surface area (Å²) in [6.45, 7) is 0.303. The molecule has 0 saturated carbocycles. The number of ether oxygens (including phenoxy) is 2. The molecule has 7 heteroatoms. The molecule has 158 valence electrons. The second kappa shape index (κ2) is 9.06. The van der Waals surface area contributed by atoms with Crippen LogP contribution in [0.5, 0.6) is 11.5 Å². The van der Waals surface area contributed by atoms with Crippen molar-refractivity contribution in [1.82, 2.24) is 4.90 Å². The van der Waals surface area contributed by atoms with Crippen LogP contribution in [-0.2, 0) is 16.0 Å². The molecule has 1 N–H and O–H groups in total. The molecule has 6 nitrogen and oxygen atoms in total. The zero-order chi connectivity index (χ0) is 21.8. The van der Waals surface area contributed by atoms with Gasteiger partial charge in [0, 0.05) is 17.5 Å². The number of carbonyl (C=O) groups is 2. The summed E-state index contributed by atoms with van der Waals surface area (Å²) in [6.07, 6.45) is 0.589. The first kappa shape index (κ1) is 20.7. The van der Waals surface area contributed by atoms with Crippen LogP contribution in [-0.4, -0.2) is 37.5 Å². The number of rotatable bonds is 8. The van der Waals surface area contributed by atoms with Gasteiger partial charge < -0.3 is 14.8 Å². The zero-order valence-corrected chi connectivity index (χ0v) is 18.1. The minimum absolute atomic E-state index is 0.243. The lowest BCUT2D eigenvalue weighted by Gasteiger charge is -2.16. The van der Waals surface area contributed by atoms with Crippen LogP contribution in [0.3, 0.4) is 0 Å². The second-order valence-electron chi connectivity index (χ2n) is 6.92. The van der Waals surface area contributed by atoms with Crippen molar-refractivity contribution in [3.05, 3.63) is 82.2 Å². The van der Waals surface area contributed by atoms with E-state index in [0.717, 1.165) is 10.4 Å². The van der Waals surface area contributed by atoms with E-state index in [4.69, 9.17) is 9.47 Å². The number of imide groups is 1. The first-order valence-corrected chi connectivity index (χ1v) is 10.7. The van der Waals surface area contributed by atoms with Crippen molar-refractivity contribution in [2.75, 3.05) is 26.1 Å². The summed E-state index contributed by atoms with van der Waals surface area (Å²) in [6, 6.07) is 18.8.